The molecule has 1 nitrogen and oxygen atoms in total. The molecule has 0 spiro atoms. The predicted molar refractivity (Wildman–Crippen MR) is 47.6 cm³/mol. The van der Waals surface area contributed by atoms with Crippen molar-refractivity contribution in [2.75, 3.05) is 7.05 Å². The van der Waals surface area contributed by atoms with Crippen molar-refractivity contribution < 1.29 is 13.2 Å². The molecule has 0 aromatic heterocycles. The fourth-order valence-corrected chi connectivity index (χ4v) is 1.02. The van der Waals surface area contributed by atoms with Crippen LogP contribution in [0.3, 0.4) is 0 Å². The zero-order valence-corrected chi connectivity index (χ0v) is 7.99. The first-order valence-corrected chi connectivity index (χ1v) is 4.41. The second kappa shape index (κ2) is 6.02. The second-order valence-electron chi connectivity index (χ2n) is 2.84. The summed E-state index contributed by atoms with van der Waals surface area (Å²) < 4.78 is 36.4. The number of allylic oxidation sites excluding steroid dienone is 2. The Kier molecular flexibility index (Phi) is 5.79. The molecule has 0 saturated carbocycles. The summed E-state index contributed by atoms with van der Waals surface area (Å²) in [5.74, 6) is 0. The van der Waals surface area contributed by atoms with E-state index in [0.29, 0.717) is 6.42 Å². The van der Waals surface area contributed by atoms with Gasteiger partial charge >= 0.3 is 6.18 Å². The molecule has 1 N–H and O–H groups in total. The van der Waals surface area contributed by atoms with Gasteiger partial charge in [-0.25, -0.2) is 0 Å². The van der Waals surface area contributed by atoms with Crippen LogP contribution in [0.15, 0.2) is 12.2 Å². The summed E-state index contributed by atoms with van der Waals surface area (Å²) in [7, 11) is 1.34. The highest BCUT2D eigenvalue weighted by molar-refractivity contribution is 4.83. The van der Waals surface area contributed by atoms with Crippen LogP contribution in [0.25, 0.3) is 0 Å². The summed E-state index contributed by atoms with van der Waals surface area (Å²) in [6, 6.07) is -1.38. The normalized spacial score (nSPS) is 15.2. The van der Waals surface area contributed by atoms with E-state index in [1.54, 1.807) is 6.08 Å². The van der Waals surface area contributed by atoms with E-state index in [1.165, 1.54) is 7.05 Å². The molecule has 0 aliphatic carbocycles. The van der Waals surface area contributed by atoms with Crippen molar-refractivity contribution in [2.45, 2.75) is 38.4 Å². The van der Waals surface area contributed by atoms with Gasteiger partial charge in [0.05, 0.1) is 0 Å². The van der Waals surface area contributed by atoms with Gasteiger partial charge in [-0.1, -0.05) is 19.1 Å². The lowest BCUT2D eigenvalue weighted by Crippen LogP contribution is -2.39. The van der Waals surface area contributed by atoms with Crippen molar-refractivity contribution in [1.29, 1.82) is 0 Å². The monoisotopic (exact) mass is 195 g/mol. The summed E-state index contributed by atoms with van der Waals surface area (Å²) in [6.07, 6.45) is 0.986. The van der Waals surface area contributed by atoms with Crippen LogP contribution < -0.4 is 5.32 Å². The lowest BCUT2D eigenvalue weighted by molar-refractivity contribution is -0.155. The standard InChI is InChI=1S/C9H16F3N/c1-3-4-5-6-7-8(13-2)9(10,11)12/h4-5,8,13H,3,6-7H2,1-2H3/b5-4-. The molecular weight excluding hydrogens is 179 g/mol. The van der Waals surface area contributed by atoms with Crippen molar-refractivity contribution in [1.82, 2.24) is 5.32 Å². The first-order chi connectivity index (χ1) is 6.02. The van der Waals surface area contributed by atoms with Crippen molar-refractivity contribution in [2.24, 2.45) is 0 Å². The van der Waals surface area contributed by atoms with Crippen LogP contribution in [-0.4, -0.2) is 19.3 Å². The molecule has 0 bridgehead atoms. The molecule has 78 valence electrons. The number of hydrogen-bond acceptors (Lipinski definition) is 1. The fraction of sp³-hybridized carbons (Fsp3) is 0.778. The minimum absolute atomic E-state index is 0.108. The average molecular weight is 195 g/mol. The van der Waals surface area contributed by atoms with E-state index in [4.69, 9.17) is 0 Å². The topological polar surface area (TPSA) is 12.0 Å². The second-order valence-corrected chi connectivity index (χ2v) is 2.84. The Labute approximate surface area is 77.0 Å². The van der Waals surface area contributed by atoms with Crippen LogP contribution in [0, 0.1) is 0 Å². The van der Waals surface area contributed by atoms with Crippen LogP contribution in [0.4, 0.5) is 13.2 Å². The van der Waals surface area contributed by atoms with Gasteiger partial charge in [0.1, 0.15) is 6.04 Å². The predicted octanol–water partition coefficient (Wildman–Crippen LogP) is 2.88. The molecule has 1 unspecified atom stereocenters. The summed E-state index contributed by atoms with van der Waals surface area (Å²) in [5.41, 5.74) is 0. The molecule has 0 heterocycles. The molecule has 0 radical (unpaired) electrons. The van der Waals surface area contributed by atoms with E-state index in [0.717, 1.165) is 6.42 Å². The third-order valence-electron chi connectivity index (χ3n) is 1.77. The van der Waals surface area contributed by atoms with Gasteiger partial charge < -0.3 is 5.32 Å². The van der Waals surface area contributed by atoms with E-state index in [-0.39, 0.29) is 6.42 Å². The summed E-state index contributed by atoms with van der Waals surface area (Å²) in [5, 5.41) is 2.26. The van der Waals surface area contributed by atoms with Crippen molar-refractivity contribution >= 4 is 0 Å². The average Bonchev–Trinajstić information content (AvgIpc) is 2.02. The third-order valence-corrected chi connectivity index (χ3v) is 1.77. The van der Waals surface area contributed by atoms with Crippen molar-refractivity contribution in [3.63, 3.8) is 0 Å². The van der Waals surface area contributed by atoms with Gasteiger partial charge in [-0.3, -0.25) is 0 Å². The van der Waals surface area contributed by atoms with E-state index in [9.17, 15) is 13.2 Å². The highest BCUT2D eigenvalue weighted by atomic mass is 19.4. The van der Waals surface area contributed by atoms with Crippen molar-refractivity contribution in [3.05, 3.63) is 12.2 Å². The molecule has 13 heavy (non-hydrogen) atoms. The lowest BCUT2D eigenvalue weighted by Gasteiger charge is -2.18. The van der Waals surface area contributed by atoms with Gasteiger partial charge in [-0.05, 0) is 26.3 Å². The molecule has 4 heteroatoms. The van der Waals surface area contributed by atoms with Crippen LogP contribution in [-0.2, 0) is 0 Å². The van der Waals surface area contributed by atoms with Crippen LogP contribution in [0.2, 0.25) is 0 Å². The smallest absolute Gasteiger partial charge is 0.309 e. The molecule has 0 fully saturated rings. The van der Waals surface area contributed by atoms with Crippen LogP contribution >= 0.6 is 0 Å². The van der Waals surface area contributed by atoms with E-state index < -0.39 is 12.2 Å². The number of hydrogen-bond donors (Lipinski definition) is 1. The summed E-state index contributed by atoms with van der Waals surface area (Å²) >= 11 is 0. The molecule has 0 aromatic rings. The van der Waals surface area contributed by atoms with E-state index >= 15 is 0 Å². The maximum atomic E-state index is 12.1. The third kappa shape index (κ3) is 5.69. The Morgan fingerprint density at radius 1 is 1.31 bits per heavy atom. The molecule has 0 saturated heterocycles. The molecule has 0 aliphatic rings. The van der Waals surface area contributed by atoms with Gasteiger partial charge in [0.15, 0.2) is 0 Å². The molecule has 0 aromatic carbocycles. The largest absolute Gasteiger partial charge is 0.403 e. The Hall–Kier alpha value is -0.510. The first-order valence-electron chi connectivity index (χ1n) is 4.41. The molecule has 0 aliphatic heterocycles. The minimum atomic E-state index is -4.13. The van der Waals surface area contributed by atoms with E-state index in [1.807, 2.05) is 13.0 Å². The zero-order chi connectivity index (χ0) is 10.3. The van der Waals surface area contributed by atoms with E-state index in [2.05, 4.69) is 5.32 Å². The van der Waals surface area contributed by atoms with Gasteiger partial charge in [-0.15, -0.1) is 0 Å². The quantitative estimate of drug-likeness (QED) is 0.665. The number of alkyl halides is 3. The van der Waals surface area contributed by atoms with Crippen LogP contribution in [0.1, 0.15) is 26.2 Å². The van der Waals surface area contributed by atoms with Crippen molar-refractivity contribution in [3.8, 4) is 0 Å². The molecular formula is C9H16F3N. The highest BCUT2D eigenvalue weighted by Crippen LogP contribution is 2.23. The summed E-state index contributed by atoms with van der Waals surface area (Å²) in [6.45, 7) is 1.95. The fourth-order valence-electron chi connectivity index (χ4n) is 1.02. The Morgan fingerprint density at radius 2 is 1.92 bits per heavy atom. The van der Waals surface area contributed by atoms with Gasteiger partial charge in [0, 0.05) is 0 Å². The summed E-state index contributed by atoms with van der Waals surface area (Å²) in [4.78, 5) is 0. The number of halogens is 3. The van der Waals surface area contributed by atoms with Gasteiger partial charge in [0.25, 0.3) is 0 Å². The Balaban J connectivity index is 3.80. The maximum Gasteiger partial charge on any atom is 0.403 e. The number of nitrogens with one attached hydrogen (secondary N) is 1. The molecule has 1 atom stereocenters. The van der Waals surface area contributed by atoms with Crippen LogP contribution in [0.5, 0.6) is 0 Å². The SMILES string of the molecule is CC/C=C\CCC(NC)C(F)(F)F. The van der Waals surface area contributed by atoms with Gasteiger partial charge in [-0.2, -0.15) is 13.2 Å². The van der Waals surface area contributed by atoms with Gasteiger partial charge in [0.2, 0.25) is 0 Å². The minimum Gasteiger partial charge on any atom is -0.309 e. The number of rotatable bonds is 5. The lowest BCUT2D eigenvalue weighted by atomic mass is 10.1. The highest BCUT2D eigenvalue weighted by Gasteiger charge is 2.37. The Bertz CT molecular complexity index is 151. The maximum absolute atomic E-state index is 12.1. The Morgan fingerprint density at radius 3 is 2.31 bits per heavy atom. The molecule has 0 amide bonds. The zero-order valence-electron chi connectivity index (χ0n) is 7.99. The molecule has 0 rings (SSSR count). The first kappa shape index (κ1) is 12.5.